The molecule has 1 saturated heterocycles. The summed E-state index contributed by atoms with van der Waals surface area (Å²) in [7, 11) is 1.19. The molecule has 61 valence electrons. The fourth-order valence-corrected chi connectivity index (χ4v) is 2.56. The van der Waals surface area contributed by atoms with E-state index in [1.807, 2.05) is 6.07 Å². The molecule has 2 rings (SSSR count). The predicted molar refractivity (Wildman–Crippen MR) is 50.7 cm³/mol. The quantitative estimate of drug-likeness (QED) is 0.477. The van der Waals surface area contributed by atoms with Gasteiger partial charge in [0.05, 0.1) is 12.7 Å². The Balaban J connectivity index is 2.08. The molecule has 0 aliphatic carbocycles. The zero-order valence-corrected chi connectivity index (χ0v) is 7.54. The molecule has 0 atom stereocenters. The van der Waals surface area contributed by atoms with Crippen LogP contribution in [-0.4, -0.2) is 20.4 Å². The topological polar surface area (TPSA) is 18.5 Å². The molecule has 1 heterocycles. The van der Waals surface area contributed by atoms with Gasteiger partial charge in [0.25, 0.3) is 0 Å². The van der Waals surface area contributed by atoms with Crippen molar-refractivity contribution >= 4 is 20.9 Å². The lowest BCUT2D eigenvalue weighted by molar-refractivity contribution is 0.262. The first-order valence-corrected chi connectivity index (χ1v) is 5.53. The molecular weight excluding hydrogens is 170 g/mol. The minimum Gasteiger partial charge on any atom is -0.409 e. The average Bonchev–Trinajstić information content (AvgIpc) is 2.21. The van der Waals surface area contributed by atoms with Crippen molar-refractivity contribution in [2.45, 2.75) is 0 Å². The number of hydrogen-bond acceptors (Lipinski definition) is 2. The molecule has 12 heavy (non-hydrogen) atoms. The standard InChI is InChI=1S/C8H9BO2P/c1-2-4-8(5-3-1)12-6-10-9-11-7-12/h1-5H,6-7H2. The van der Waals surface area contributed by atoms with Crippen molar-refractivity contribution in [1.29, 1.82) is 0 Å². The van der Waals surface area contributed by atoms with E-state index in [1.54, 1.807) is 0 Å². The van der Waals surface area contributed by atoms with Crippen LogP contribution in [0.1, 0.15) is 0 Å². The molecule has 1 aliphatic rings. The zero-order chi connectivity index (χ0) is 8.23. The van der Waals surface area contributed by atoms with E-state index in [4.69, 9.17) is 9.31 Å². The molecule has 1 fully saturated rings. The third kappa shape index (κ3) is 1.86. The maximum absolute atomic E-state index is 5.12. The van der Waals surface area contributed by atoms with Gasteiger partial charge in [-0.3, -0.25) is 0 Å². The summed E-state index contributed by atoms with van der Waals surface area (Å²) in [4.78, 5) is 0. The first-order valence-electron chi connectivity index (χ1n) is 3.82. The Morgan fingerprint density at radius 3 is 2.42 bits per heavy atom. The second-order valence-corrected chi connectivity index (χ2v) is 4.68. The lowest BCUT2D eigenvalue weighted by atomic mass is 10.4. The molecule has 1 aromatic carbocycles. The van der Waals surface area contributed by atoms with Gasteiger partial charge in [-0.2, -0.15) is 0 Å². The molecule has 0 bridgehead atoms. The van der Waals surface area contributed by atoms with E-state index in [9.17, 15) is 0 Å². The summed E-state index contributed by atoms with van der Waals surface area (Å²) in [6.07, 6.45) is 1.58. The molecule has 2 nitrogen and oxygen atoms in total. The molecule has 0 saturated carbocycles. The lowest BCUT2D eigenvalue weighted by Crippen LogP contribution is -2.19. The molecule has 0 amide bonds. The van der Waals surface area contributed by atoms with E-state index in [0.29, 0.717) is 0 Å². The highest BCUT2D eigenvalue weighted by Gasteiger charge is 2.16. The van der Waals surface area contributed by atoms with Crippen LogP contribution in [0, 0.1) is 0 Å². The van der Waals surface area contributed by atoms with E-state index in [0.717, 1.165) is 12.7 Å². The Hall–Kier alpha value is -0.365. The Labute approximate surface area is 73.9 Å². The molecule has 1 aliphatic heterocycles. The third-order valence-electron chi connectivity index (χ3n) is 1.72. The summed E-state index contributed by atoms with van der Waals surface area (Å²) in [6, 6.07) is 10.4. The van der Waals surface area contributed by atoms with Gasteiger partial charge in [-0.15, -0.1) is 0 Å². The molecule has 1 aromatic rings. The van der Waals surface area contributed by atoms with Gasteiger partial charge in [-0.05, 0) is 13.2 Å². The van der Waals surface area contributed by atoms with Crippen molar-refractivity contribution in [2.75, 3.05) is 12.7 Å². The highest BCUT2D eigenvalue weighted by Crippen LogP contribution is 2.35. The largest absolute Gasteiger partial charge is 0.488 e. The molecule has 0 unspecified atom stereocenters. The van der Waals surface area contributed by atoms with Crippen LogP contribution >= 0.6 is 7.92 Å². The van der Waals surface area contributed by atoms with E-state index < -0.39 is 0 Å². The number of benzene rings is 1. The van der Waals surface area contributed by atoms with Crippen LogP contribution < -0.4 is 5.30 Å². The van der Waals surface area contributed by atoms with Gasteiger partial charge in [0.15, 0.2) is 0 Å². The van der Waals surface area contributed by atoms with Crippen molar-refractivity contribution < 1.29 is 9.31 Å². The van der Waals surface area contributed by atoms with Crippen molar-refractivity contribution in [3.8, 4) is 0 Å². The first-order chi connectivity index (χ1) is 5.97. The second kappa shape index (κ2) is 4.04. The fourth-order valence-electron chi connectivity index (χ4n) is 1.11. The normalized spacial score (nSPS) is 18.7. The maximum Gasteiger partial charge on any atom is 0.488 e. The molecule has 0 aromatic heterocycles. The smallest absolute Gasteiger partial charge is 0.409 e. The lowest BCUT2D eigenvalue weighted by Gasteiger charge is -2.22. The summed E-state index contributed by atoms with van der Waals surface area (Å²) in [6.45, 7) is 0. The fraction of sp³-hybridized carbons (Fsp3) is 0.250. The van der Waals surface area contributed by atoms with Gasteiger partial charge in [-0.1, -0.05) is 30.3 Å². The van der Waals surface area contributed by atoms with Gasteiger partial charge in [-0.25, -0.2) is 0 Å². The monoisotopic (exact) mass is 179 g/mol. The summed E-state index contributed by atoms with van der Waals surface area (Å²) in [5.74, 6) is 0. The SMILES string of the molecule is [B]1OCP(c2ccccc2)CO1. The van der Waals surface area contributed by atoms with E-state index >= 15 is 0 Å². The molecule has 0 spiro atoms. The van der Waals surface area contributed by atoms with Crippen LogP contribution in [0.4, 0.5) is 0 Å². The Morgan fingerprint density at radius 1 is 1.08 bits per heavy atom. The summed E-state index contributed by atoms with van der Waals surface area (Å²) < 4.78 is 10.2. The zero-order valence-electron chi connectivity index (χ0n) is 6.64. The number of rotatable bonds is 1. The summed E-state index contributed by atoms with van der Waals surface area (Å²) >= 11 is 0. The summed E-state index contributed by atoms with van der Waals surface area (Å²) in [5, 5.41) is 1.35. The maximum atomic E-state index is 5.12. The van der Waals surface area contributed by atoms with Crippen LogP contribution in [-0.2, 0) is 9.31 Å². The third-order valence-corrected chi connectivity index (χ3v) is 3.67. The van der Waals surface area contributed by atoms with E-state index in [1.165, 1.54) is 13.0 Å². The van der Waals surface area contributed by atoms with Gasteiger partial charge < -0.3 is 9.31 Å². The van der Waals surface area contributed by atoms with Gasteiger partial charge in [0.2, 0.25) is 0 Å². The highest BCUT2D eigenvalue weighted by atomic mass is 31.1. The van der Waals surface area contributed by atoms with Crippen LogP contribution in [0.2, 0.25) is 0 Å². The van der Waals surface area contributed by atoms with Gasteiger partial charge in [0.1, 0.15) is 0 Å². The molecule has 4 heteroatoms. The average molecular weight is 179 g/mol. The summed E-state index contributed by atoms with van der Waals surface area (Å²) in [5.41, 5.74) is 0. The minimum atomic E-state index is -0.243. The number of hydrogen-bond donors (Lipinski definition) is 0. The highest BCUT2D eigenvalue weighted by molar-refractivity contribution is 7.65. The van der Waals surface area contributed by atoms with Crippen LogP contribution in [0.15, 0.2) is 30.3 Å². The van der Waals surface area contributed by atoms with E-state index in [-0.39, 0.29) is 7.92 Å². The van der Waals surface area contributed by atoms with Gasteiger partial charge in [0, 0.05) is 0 Å². The van der Waals surface area contributed by atoms with Crippen LogP contribution in [0.5, 0.6) is 0 Å². The Bertz CT molecular complexity index is 236. The molecular formula is C8H9BO2P. The predicted octanol–water partition coefficient (Wildman–Crippen LogP) is 1.29. The minimum absolute atomic E-state index is 0.243. The second-order valence-electron chi connectivity index (χ2n) is 2.56. The molecule has 1 radical (unpaired) electrons. The van der Waals surface area contributed by atoms with Gasteiger partial charge >= 0.3 is 7.69 Å². The Morgan fingerprint density at radius 2 is 1.75 bits per heavy atom. The molecule has 0 N–H and O–H groups in total. The Kier molecular flexibility index (Phi) is 2.77. The van der Waals surface area contributed by atoms with Crippen molar-refractivity contribution in [1.82, 2.24) is 0 Å². The van der Waals surface area contributed by atoms with Crippen molar-refractivity contribution in [3.63, 3.8) is 0 Å². The van der Waals surface area contributed by atoms with Crippen molar-refractivity contribution in [2.24, 2.45) is 0 Å². The van der Waals surface area contributed by atoms with Crippen LogP contribution in [0.3, 0.4) is 0 Å². The van der Waals surface area contributed by atoms with Crippen molar-refractivity contribution in [3.05, 3.63) is 30.3 Å². The van der Waals surface area contributed by atoms with E-state index in [2.05, 4.69) is 24.3 Å². The first kappa shape index (κ1) is 8.24. The van der Waals surface area contributed by atoms with Crippen LogP contribution in [0.25, 0.3) is 0 Å².